The summed E-state index contributed by atoms with van der Waals surface area (Å²) >= 11 is 0. The van der Waals surface area contributed by atoms with Crippen LogP contribution in [0, 0.1) is 11.8 Å². The Kier molecular flexibility index (Phi) is 10.7. The van der Waals surface area contributed by atoms with Crippen LogP contribution in [-0.4, -0.2) is 69.5 Å². The molecule has 1 fully saturated rings. The molecule has 2 aliphatic rings. The van der Waals surface area contributed by atoms with Crippen LogP contribution in [0.3, 0.4) is 0 Å². The number of aliphatic hydroxyl groups excluding tert-OH is 2. The van der Waals surface area contributed by atoms with Crippen molar-refractivity contribution >= 4 is 11.9 Å². The van der Waals surface area contributed by atoms with Crippen LogP contribution >= 0.6 is 0 Å². The number of carbonyl (C=O) groups is 2. The molecule has 1 saturated heterocycles. The van der Waals surface area contributed by atoms with E-state index in [2.05, 4.69) is 0 Å². The minimum Gasteiger partial charge on any atom is -0.457 e. The van der Waals surface area contributed by atoms with E-state index in [1.165, 1.54) is 6.92 Å². The average Bonchev–Trinajstić information content (AvgIpc) is 3.57. The molecule has 0 aromatic rings. The lowest BCUT2D eigenvalue weighted by Crippen LogP contribution is -2.42. The molecule has 198 valence electrons. The van der Waals surface area contributed by atoms with Gasteiger partial charge in [0.15, 0.2) is 0 Å². The smallest absolute Gasteiger partial charge is 0.309 e. The second kappa shape index (κ2) is 12.8. The van der Waals surface area contributed by atoms with Crippen molar-refractivity contribution in [2.45, 2.75) is 109 Å². The van der Waals surface area contributed by atoms with Crippen LogP contribution in [0.2, 0.25) is 0 Å². The molecule has 0 aliphatic carbocycles. The largest absolute Gasteiger partial charge is 0.457 e. The number of esters is 2. The zero-order chi connectivity index (χ0) is 26.3. The minimum atomic E-state index is -1.41. The van der Waals surface area contributed by atoms with Crippen molar-refractivity contribution in [2.75, 3.05) is 0 Å². The van der Waals surface area contributed by atoms with E-state index in [-0.39, 0.29) is 43.3 Å². The Morgan fingerprint density at radius 3 is 2.63 bits per heavy atom. The summed E-state index contributed by atoms with van der Waals surface area (Å²) in [5, 5.41) is 31.6. The second-order valence-corrected chi connectivity index (χ2v) is 10.1. The van der Waals surface area contributed by atoms with E-state index in [9.17, 15) is 24.9 Å². The summed E-state index contributed by atoms with van der Waals surface area (Å²) in [4.78, 5) is 24.1. The minimum absolute atomic E-state index is 0.112. The Morgan fingerprint density at radius 2 is 2.03 bits per heavy atom. The maximum absolute atomic E-state index is 12.5. The maximum atomic E-state index is 12.5. The SMILES string of the molecule is CCC1OC1C(O)C(C)C=CC=C(C)C1OC(=O)CC(O)CCC(C)(O)C(OC(C)=O)C=CC1C. The van der Waals surface area contributed by atoms with Gasteiger partial charge in [0.05, 0.1) is 24.7 Å². The molecule has 0 amide bonds. The van der Waals surface area contributed by atoms with Gasteiger partial charge in [-0.2, -0.15) is 0 Å². The topological polar surface area (TPSA) is 126 Å². The van der Waals surface area contributed by atoms with Crippen LogP contribution in [0.4, 0.5) is 0 Å². The number of hydrogen-bond acceptors (Lipinski definition) is 8. The molecule has 35 heavy (non-hydrogen) atoms. The molecule has 2 rings (SSSR count). The molecule has 0 saturated carbocycles. The Morgan fingerprint density at radius 1 is 1.34 bits per heavy atom. The van der Waals surface area contributed by atoms with Crippen molar-refractivity contribution in [1.29, 1.82) is 0 Å². The second-order valence-electron chi connectivity index (χ2n) is 10.1. The lowest BCUT2D eigenvalue weighted by atomic mass is 9.88. The molecule has 0 aromatic carbocycles. The summed E-state index contributed by atoms with van der Waals surface area (Å²) in [6.07, 6.45) is 6.76. The average molecular weight is 495 g/mol. The number of aliphatic hydroxyl groups is 3. The highest BCUT2D eigenvalue weighted by molar-refractivity contribution is 5.70. The Bertz CT molecular complexity index is 814. The molecule has 3 N–H and O–H groups in total. The van der Waals surface area contributed by atoms with Gasteiger partial charge in [-0.15, -0.1) is 0 Å². The van der Waals surface area contributed by atoms with Crippen molar-refractivity contribution in [2.24, 2.45) is 11.8 Å². The number of rotatable bonds is 7. The van der Waals surface area contributed by atoms with E-state index in [1.54, 1.807) is 19.1 Å². The third-order valence-corrected chi connectivity index (χ3v) is 6.74. The van der Waals surface area contributed by atoms with Crippen LogP contribution in [0.25, 0.3) is 0 Å². The fourth-order valence-electron chi connectivity index (χ4n) is 4.31. The number of cyclic esters (lactones) is 1. The monoisotopic (exact) mass is 494 g/mol. The fourth-order valence-corrected chi connectivity index (χ4v) is 4.31. The Hall–Kier alpha value is -2.00. The van der Waals surface area contributed by atoms with Crippen LogP contribution < -0.4 is 0 Å². The van der Waals surface area contributed by atoms with Gasteiger partial charge in [0, 0.05) is 18.8 Å². The number of ether oxygens (including phenoxy) is 3. The standard InChI is InChI=1S/C27H42O8/c1-7-21-26(34-21)24(31)16(2)9-8-10-17(3)25-18(4)11-12-22(33-19(5)28)27(6,32)14-13-20(29)15-23(30)35-25/h8-12,16,18,20-22,24-26,29,31-32H,7,13-15H2,1-6H3. The van der Waals surface area contributed by atoms with Crippen molar-refractivity contribution < 1.29 is 39.1 Å². The zero-order valence-electron chi connectivity index (χ0n) is 21.7. The normalized spacial score (nSPS) is 36.6. The summed E-state index contributed by atoms with van der Waals surface area (Å²) in [5.74, 6) is -1.47. The van der Waals surface area contributed by atoms with Crippen molar-refractivity contribution in [3.05, 3.63) is 36.0 Å². The van der Waals surface area contributed by atoms with Gasteiger partial charge < -0.3 is 29.5 Å². The predicted molar refractivity (Wildman–Crippen MR) is 131 cm³/mol. The van der Waals surface area contributed by atoms with Crippen molar-refractivity contribution in [3.8, 4) is 0 Å². The van der Waals surface area contributed by atoms with Gasteiger partial charge in [0.25, 0.3) is 0 Å². The summed E-state index contributed by atoms with van der Waals surface area (Å²) < 4.78 is 16.6. The number of hydrogen-bond donors (Lipinski definition) is 3. The molecule has 8 nitrogen and oxygen atoms in total. The maximum Gasteiger partial charge on any atom is 0.309 e. The molecule has 8 heteroatoms. The highest BCUT2D eigenvalue weighted by Gasteiger charge is 2.44. The molecular weight excluding hydrogens is 452 g/mol. The molecule has 9 unspecified atom stereocenters. The van der Waals surface area contributed by atoms with E-state index < -0.39 is 42.0 Å². The third-order valence-electron chi connectivity index (χ3n) is 6.74. The fraction of sp³-hybridized carbons (Fsp3) is 0.704. The van der Waals surface area contributed by atoms with Crippen LogP contribution in [-0.2, 0) is 23.8 Å². The van der Waals surface area contributed by atoms with Gasteiger partial charge in [-0.1, -0.05) is 45.1 Å². The first-order valence-electron chi connectivity index (χ1n) is 12.5. The zero-order valence-corrected chi connectivity index (χ0v) is 21.7. The molecule has 2 heterocycles. The molecule has 0 radical (unpaired) electrons. The van der Waals surface area contributed by atoms with Gasteiger partial charge in [-0.05, 0) is 44.8 Å². The summed E-state index contributed by atoms with van der Waals surface area (Å²) in [6, 6.07) is 0. The molecule has 2 aliphatic heterocycles. The van der Waals surface area contributed by atoms with Gasteiger partial charge in [-0.25, -0.2) is 0 Å². The lowest BCUT2D eigenvalue weighted by Gasteiger charge is -2.32. The van der Waals surface area contributed by atoms with Gasteiger partial charge in [-0.3, -0.25) is 9.59 Å². The van der Waals surface area contributed by atoms with Gasteiger partial charge in [0.1, 0.15) is 23.9 Å². The van der Waals surface area contributed by atoms with Crippen molar-refractivity contribution in [3.63, 3.8) is 0 Å². The number of carbonyl (C=O) groups excluding carboxylic acids is 2. The summed E-state index contributed by atoms with van der Waals surface area (Å²) in [6.45, 7) is 10.5. The highest BCUT2D eigenvalue weighted by Crippen LogP contribution is 2.32. The van der Waals surface area contributed by atoms with Crippen LogP contribution in [0.1, 0.15) is 67.2 Å². The van der Waals surface area contributed by atoms with Gasteiger partial charge in [0.2, 0.25) is 0 Å². The van der Waals surface area contributed by atoms with E-state index in [4.69, 9.17) is 14.2 Å². The van der Waals surface area contributed by atoms with Crippen LogP contribution in [0.5, 0.6) is 0 Å². The molecule has 0 bridgehead atoms. The van der Waals surface area contributed by atoms with Gasteiger partial charge >= 0.3 is 11.9 Å². The number of epoxide rings is 1. The van der Waals surface area contributed by atoms with Crippen molar-refractivity contribution in [1.82, 2.24) is 0 Å². The summed E-state index contributed by atoms with van der Waals surface area (Å²) in [5.41, 5.74) is -0.640. The Balaban J connectivity index is 2.22. The predicted octanol–water partition coefficient (Wildman–Crippen LogP) is 2.99. The van der Waals surface area contributed by atoms with E-state index >= 15 is 0 Å². The first kappa shape index (κ1) is 29.2. The first-order valence-corrected chi connectivity index (χ1v) is 12.5. The molecule has 0 spiro atoms. The van der Waals surface area contributed by atoms with E-state index in [1.807, 2.05) is 45.9 Å². The van der Waals surface area contributed by atoms with Crippen LogP contribution in [0.15, 0.2) is 36.0 Å². The van der Waals surface area contributed by atoms with E-state index in [0.717, 1.165) is 12.0 Å². The lowest BCUT2D eigenvalue weighted by molar-refractivity contribution is -0.157. The highest BCUT2D eigenvalue weighted by atomic mass is 16.6. The first-order chi connectivity index (χ1) is 16.4. The Labute approximate surface area is 208 Å². The molecular formula is C27H42O8. The summed E-state index contributed by atoms with van der Waals surface area (Å²) in [7, 11) is 0. The molecule has 0 aromatic heterocycles. The third kappa shape index (κ3) is 8.86. The number of allylic oxidation sites excluding steroid dienone is 2. The van der Waals surface area contributed by atoms with E-state index in [0.29, 0.717) is 0 Å². The molecule has 9 atom stereocenters. The quantitative estimate of drug-likeness (QED) is 0.213.